The Labute approximate surface area is 153 Å². The van der Waals surface area contributed by atoms with Gasteiger partial charge < -0.3 is 5.32 Å². The van der Waals surface area contributed by atoms with Crippen LogP contribution in [0.15, 0.2) is 46.0 Å². The predicted octanol–water partition coefficient (Wildman–Crippen LogP) is 3.71. The van der Waals surface area contributed by atoms with E-state index in [0.717, 1.165) is 23.5 Å². The zero-order chi connectivity index (χ0) is 19.5. The van der Waals surface area contributed by atoms with Crippen LogP contribution in [0.25, 0.3) is 0 Å². The molecule has 1 heterocycles. The van der Waals surface area contributed by atoms with Gasteiger partial charge in [0.1, 0.15) is 10.3 Å². The van der Waals surface area contributed by atoms with E-state index in [9.17, 15) is 26.4 Å². The molecule has 0 bridgehead atoms. The Morgan fingerprint density at radius 3 is 2.38 bits per heavy atom. The van der Waals surface area contributed by atoms with Crippen molar-refractivity contribution < 1.29 is 26.4 Å². The molecule has 0 fully saturated rings. The second kappa shape index (κ2) is 7.77. The molecular weight excluding hydrogens is 389 g/mol. The van der Waals surface area contributed by atoms with E-state index in [1.807, 2.05) is 0 Å². The molecule has 1 amide bonds. The fourth-order valence-electron chi connectivity index (χ4n) is 2.13. The minimum atomic E-state index is -4.54. The standard InChI is InChI=1S/C16H17F3N2O3S2/c1-10(2)14(21-26(23,24)13-7-4-8-25-13)15(22)20-12-6-3-5-11(9-12)16(17,18)19/h3-10,14,21H,1-2H3,(H,20,22). The van der Waals surface area contributed by atoms with Gasteiger partial charge in [-0.2, -0.15) is 17.9 Å². The third-order valence-corrected chi connectivity index (χ3v) is 6.29. The number of nitrogens with one attached hydrogen (secondary N) is 2. The summed E-state index contributed by atoms with van der Waals surface area (Å²) in [4.78, 5) is 12.4. The summed E-state index contributed by atoms with van der Waals surface area (Å²) < 4.78 is 65.3. The Hall–Kier alpha value is -1.91. The third-order valence-electron chi connectivity index (χ3n) is 3.45. The minimum Gasteiger partial charge on any atom is -0.325 e. The lowest BCUT2D eigenvalue weighted by Crippen LogP contribution is -2.46. The fourth-order valence-corrected chi connectivity index (χ4v) is 4.48. The summed E-state index contributed by atoms with van der Waals surface area (Å²) in [6.45, 7) is 3.26. The molecular formula is C16H17F3N2O3S2. The van der Waals surface area contributed by atoms with Crippen LogP contribution in [0.4, 0.5) is 18.9 Å². The van der Waals surface area contributed by atoms with E-state index in [1.165, 1.54) is 18.2 Å². The first-order valence-corrected chi connectivity index (χ1v) is 9.91. The maximum atomic E-state index is 12.8. The molecule has 1 atom stereocenters. The highest BCUT2D eigenvalue weighted by Gasteiger charge is 2.32. The van der Waals surface area contributed by atoms with Crippen LogP contribution in [0.2, 0.25) is 0 Å². The molecule has 2 N–H and O–H groups in total. The highest BCUT2D eigenvalue weighted by molar-refractivity contribution is 7.91. The number of alkyl halides is 3. The number of thiophene rings is 1. The van der Waals surface area contributed by atoms with Crippen molar-refractivity contribution in [2.45, 2.75) is 30.3 Å². The summed E-state index contributed by atoms with van der Waals surface area (Å²) in [6.07, 6.45) is -4.54. The molecule has 0 radical (unpaired) electrons. The van der Waals surface area contributed by atoms with Crippen molar-refractivity contribution in [3.63, 3.8) is 0 Å². The molecule has 26 heavy (non-hydrogen) atoms. The summed E-state index contributed by atoms with van der Waals surface area (Å²) in [5.41, 5.74) is -0.971. The van der Waals surface area contributed by atoms with Gasteiger partial charge in [-0.05, 0) is 35.6 Å². The van der Waals surface area contributed by atoms with Crippen molar-refractivity contribution in [2.24, 2.45) is 5.92 Å². The normalized spacial score (nSPS) is 13.6. The van der Waals surface area contributed by atoms with Gasteiger partial charge in [-0.3, -0.25) is 4.79 Å². The Morgan fingerprint density at radius 2 is 1.85 bits per heavy atom. The number of halogens is 3. The van der Waals surface area contributed by atoms with E-state index in [1.54, 1.807) is 25.3 Å². The molecule has 0 aliphatic rings. The van der Waals surface area contributed by atoms with Gasteiger partial charge in [0.25, 0.3) is 10.0 Å². The SMILES string of the molecule is CC(C)C(NS(=O)(=O)c1cccs1)C(=O)Nc1cccc(C(F)(F)F)c1. The van der Waals surface area contributed by atoms with Crippen molar-refractivity contribution in [3.8, 4) is 0 Å². The molecule has 0 saturated carbocycles. The highest BCUT2D eigenvalue weighted by Crippen LogP contribution is 2.30. The monoisotopic (exact) mass is 406 g/mol. The van der Waals surface area contributed by atoms with Crippen LogP contribution in [-0.2, 0) is 21.0 Å². The third kappa shape index (κ3) is 5.05. The Bertz CT molecular complexity index is 863. The lowest BCUT2D eigenvalue weighted by molar-refractivity contribution is -0.137. The predicted molar refractivity (Wildman–Crippen MR) is 93.3 cm³/mol. The van der Waals surface area contributed by atoms with E-state index in [4.69, 9.17) is 0 Å². The number of sulfonamides is 1. The van der Waals surface area contributed by atoms with E-state index in [0.29, 0.717) is 0 Å². The van der Waals surface area contributed by atoms with Crippen molar-refractivity contribution in [2.75, 3.05) is 5.32 Å². The molecule has 142 valence electrons. The van der Waals surface area contributed by atoms with Crippen LogP contribution in [-0.4, -0.2) is 20.4 Å². The van der Waals surface area contributed by atoms with Crippen LogP contribution >= 0.6 is 11.3 Å². The van der Waals surface area contributed by atoms with E-state index >= 15 is 0 Å². The average Bonchev–Trinajstić information content (AvgIpc) is 3.07. The molecule has 2 rings (SSSR count). The molecule has 0 aliphatic heterocycles. The smallest absolute Gasteiger partial charge is 0.325 e. The number of hydrogen-bond acceptors (Lipinski definition) is 4. The number of anilines is 1. The van der Waals surface area contributed by atoms with Crippen LogP contribution in [0, 0.1) is 5.92 Å². The van der Waals surface area contributed by atoms with Crippen LogP contribution in [0.3, 0.4) is 0 Å². The fraction of sp³-hybridized carbons (Fsp3) is 0.312. The second-order valence-electron chi connectivity index (χ2n) is 5.84. The largest absolute Gasteiger partial charge is 0.416 e. The lowest BCUT2D eigenvalue weighted by atomic mass is 10.0. The Kier molecular flexibility index (Phi) is 6.09. The minimum absolute atomic E-state index is 0.0509. The van der Waals surface area contributed by atoms with E-state index in [-0.39, 0.29) is 9.90 Å². The van der Waals surface area contributed by atoms with Crippen LogP contribution in [0.1, 0.15) is 19.4 Å². The second-order valence-corrected chi connectivity index (χ2v) is 8.73. The first-order valence-electron chi connectivity index (χ1n) is 7.54. The number of amides is 1. The van der Waals surface area contributed by atoms with E-state index < -0.39 is 39.6 Å². The number of carbonyl (C=O) groups is 1. The van der Waals surface area contributed by atoms with Crippen molar-refractivity contribution in [1.29, 1.82) is 0 Å². The van der Waals surface area contributed by atoms with Gasteiger partial charge in [0.2, 0.25) is 5.91 Å². The van der Waals surface area contributed by atoms with Gasteiger partial charge in [-0.25, -0.2) is 8.42 Å². The maximum absolute atomic E-state index is 12.8. The molecule has 1 aromatic carbocycles. The summed E-state index contributed by atoms with van der Waals surface area (Å²) in [6, 6.07) is 5.97. The molecule has 1 unspecified atom stereocenters. The Morgan fingerprint density at radius 1 is 1.15 bits per heavy atom. The average molecular weight is 406 g/mol. The van der Waals surface area contributed by atoms with Gasteiger partial charge in [-0.1, -0.05) is 26.0 Å². The number of rotatable bonds is 6. The molecule has 2 aromatic rings. The molecule has 0 saturated heterocycles. The Balaban J connectivity index is 2.20. The maximum Gasteiger partial charge on any atom is 0.416 e. The molecule has 10 heteroatoms. The van der Waals surface area contributed by atoms with Crippen LogP contribution < -0.4 is 10.0 Å². The molecule has 0 spiro atoms. The lowest BCUT2D eigenvalue weighted by Gasteiger charge is -2.21. The number of benzene rings is 1. The summed E-state index contributed by atoms with van der Waals surface area (Å²) in [5, 5.41) is 3.93. The zero-order valence-electron chi connectivity index (χ0n) is 13.9. The molecule has 0 aliphatic carbocycles. The van der Waals surface area contributed by atoms with Gasteiger partial charge in [0, 0.05) is 5.69 Å². The molecule has 5 nitrogen and oxygen atoms in total. The van der Waals surface area contributed by atoms with Crippen molar-refractivity contribution in [1.82, 2.24) is 4.72 Å². The topological polar surface area (TPSA) is 75.3 Å². The quantitative estimate of drug-likeness (QED) is 0.768. The number of hydrogen-bond donors (Lipinski definition) is 2. The summed E-state index contributed by atoms with van der Waals surface area (Å²) in [5.74, 6) is -1.16. The van der Waals surface area contributed by atoms with Crippen LogP contribution in [0.5, 0.6) is 0 Å². The summed E-state index contributed by atoms with van der Waals surface area (Å²) in [7, 11) is -3.90. The van der Waals surface area contributed by atoms with Gasteiger partial charge in [-0.15, -0.1) is 11.3 Å². The first-order chi connectivity index (χ1) is 12.0. The first kappa shape index (κ1) is 20.4. The van der Waals surface area contributed by atoms with E-state index in [2.05, 4.69) is 10.0 Å². The zero-order valence-corrected chi connectivity index (χ0v) is 15.5. The van der Waals surface area contributed by atoms with Gasteiger partial charge in [0.05, 0.1) is 5.56 Å². The van der Waals surface area contributed by atoms with Crippen molar-refractivity contribution in [3.05, 3.63) is 47.3 Å². The van der Waals surface area contributed by atoms with Gasteiger partial charge >= 0.3 is 6.18 Å². The number of carbonyl (C=O) groups excluding carboxylic acids is 1. The highest BCUT2D eigenvalue weighted by atomic mass is 32.2. The molecule has 1 aromatic heterocycles. The van der Waals surface area contributed by atoms with Gasteiger partial charge in [0.15, 0.2) is 0 Å². The summed E-state index contributed by atoms with van der Waals surface area (Å²) >= 11 is 0.997. The van der Waals surface area contributed by atoms with Crippen molar-refractivity contribution >= 4 is 33.0 Å².